The van der Waals surface area contributed by atoms with Crippen LogP contribution in [0.4, 0.5) is 5.69 Å². The molecule has 0 saturated carbocycles. The third-order valence-corrected chi connectivity index (χ3v) is 5.03. The molecule has 1 aromatic rings. The van der Waals surface area contributed by atoms with E-state index in [1.165, 1.54) is 13.0 Å². The van der Waals surface area contributed by atoms with Crippen LogP contribution in [-0.4, -0.2) is 33.1 Å². The van der Waals surface area contributed by atoms with E-state index < -0.39 is 14.9 Å². The number of ether oxygens (including phenoxy) is 1. The molecule has 0 spiro atoms. The molecule has 0 radical (unpaired) electrons. The molecule has 0 aliphatic heterocycles. The first-order chi connectivity index (χ1) is 10.8. The molecule has 130 valence electrons. The second kappa shape index (κ2) is 9.17. The summed E-state index contributed by atoms with van der Waals surface area (Å²) in [5, 5.41) is 11.0. The number of hydrogen-bond acceptors (Lipinski definition) is 5. The van der Waals surface area contributed by atoms with Gasteiger partial charge < -0.3 is 4.74 Å². The third-order valence-electron chi connectivity index (χ3n) is 3.20. The van der Waals surface area contributed by atoms with Crippen molar-refractivity contribution in [1.82, 2.24) is 4.72 Å². The number of nitro benzene ring substituents is 1. The van der Waals surface area contributed by atoms with Gasteiger partial charge in [0.15, 0.2) is 0 Å². The number of sulfonamides is 1. The maximum atomic E-state index is 12.2. The molecule has 23 heavy (non-hydrogen) atoms. The molecule has 0 saturated heterocycles. The minimum atomic E-state index is -3.85. The van der Waals surface area contributed by atoms with Gasteiger partial charge in [0.1, 0.15) is 0 Å². The lowest BCUT2D eigenvalue weighted by molar-refractivity contribution is -0.385. The predicted octanol–water partition coefficient (Wildman–Crippen LogP) is 3.04. The fourth-order valence-corrected chi connectivity index (χ4v) is 3.20. The molecule has 1 N–H and O–H groups in total. The molecule has 0 aliphatic carbocycles. The van der Waals surface area contributed by atoms with Crippen LogP contribution in [0.15, 0.2) is 17.0 Å². The number of nitrogens with one attached hydrogen (secondary N) is 1. The van der Waals surface area contributed by atoms with Crippen LogP contribution in [0.2, 0.25) is 5.02 Å². The highest BCUT2D eigenvalue weighted by Gasteiger charge is 2.22. The standard InChI is InChI=1S/C14H21ClN2O5S/c1-3-4-7-22-8-5-6-16-23(20,21)12-9-13(15)11(2)14(10-12)17(18)19/h9-10,16H,3-8H2,1-2H3. The Kier molecular flexibility index (Phi) is 7.90. The Morgan fingerprint density at radius 3 is 2.57 bits per heavy atom. The van der Waals surface area contributed by atoms with Crippen LogP contribution >= 0.6 is 11.6 Å². The Hall–Kier alpha value is -1.22. The Morgan fingerprint density at radius 1 is 1.30 bits per heavy atom. The lowest BCUT2D eigenvalue weighted by Crippen LogP contribution is -2.25. The first kappa shape index (κ1) is 19.8. The smallest absolute Gasteiger partial charge is 0.275 e. The Balaban J connectivity index is 2.68. The average Bonchev–Trinajstić information content (AvgIpc) is 2.48. The molecule has 0 bridgehead atoms. The van der Waals surface area contributed by atoms with Crippen molar-refractivity contribution >= 4 is 27.3 Å². The molecule has 7 nitrogen and oxygen atoms in total. The van der Waals surface area contributed by atoms with Gasteiger partial charge in [0.05, 0.1) is 14.8 Å². The zero-order chi connectivity index (χ0) is 17.5. The van der Waals surface area contributed by atoms with Gasteiger partial charge in [-0.2, -0.15) is 0 Å². The van der Waals surface area contributed by atoms with Gasteiger partial charge in [-0.15, -0.1) is 0 Å². The van der Waals surface area contributed by atoms with Crippen molar-refractivity contribution in [2.24, 2.45) is 0 Å². The maximum absolute atomic E-state index is 12.2. The predicted molar refractivity (Wildman–Crippen MR) is 88.4 cm³/mol. The van der Waals surface area contributed by atoms with Gasteiger partial charge >= 0.3 is 0 Å². The Morgan fingerprint density at radius 2 is 1.96 bits per heavy atom. The zero-order valence-electron chi connectivity index (χ0n) is 13.2. The van der Waals surface area contributed by atoms with Gasteiger partial charge in [-0.25, -0.2) is 13.1 Å². The second-order valence-corrected chi connectivity index (χ2v) is 7.20. The molecular weight excluding hydrogens is 344 g/mol. The van der Waals surface area contributed by atoms with E-state index in [0.717, 1.165) is 18.9 Å². The molecule has 0 aromatic heterocycles. The summed E-state index contributed by atoms with van der Waals surface area (Å²) in [5.41, 5.74) is -0.0827. The molecular formula is C14H21ClN2O5S. The van der Waals surface area contributed by atoms with E-state index in [1.807, 2.05) is 0 Å². The highest BCUT2D eigenvalue weighted by atomic mass is 35.5. The van der Waals surface area contributed by atoms with Crippen LogP contribution < -0.4 is 4.72 Å². The first-order valence-electron chi connectivity index (χ1n) is 7.31. The van der Waals surface area contributed by atoms with Gasteiger partial charge in [-0.05, 0) is 25.8 Å². The second-order valence-electron chi connectivity index (χ2n) is 5.02. The summed E-state index contributed by atoms with van der Waals surface area (Å²) in [7, 11) is -3.85. The minimum absolute atomic E-state index is 0.0440. The molecule has 9 heteroatoms. The number of rotatable bonds is 10. The molecule has 0 aliphatic rings. The molecule has 0 heterocycles. The first-order valence-corrected chi connectivity index (χ1v) is 9.17. The van der Waals surface area contributed by atoms with Crippen LogP contribution in [0, 0.1) is 17.0 Å². The van der Waals surface area contributed by atoms with Gasteiger partial charge in [0.25, 0.3) is 5.69 Å². The molecule has 0 unspecified atom stereocenters. The number of nitrogens with zero attached hydrogens (tertiary/aromatic N) is 1. The van der Waals surface area contributed by atoms with Crippen LogP contribution in [0.5, 0.6) is 0 Å². The maximum Gasteiger partial charge on any atom is 0.275 e. The van der Waals surface area contributed by atoms with Crippen LogP contribution in [-0.2, 0) is 14.8 Å². The van der Waals surface area contributed by atoms with Crippen LogP contribution in [0.3, 0.4) is 0 Å². The number of hydrogen-bond donors (Lipinski definition) is 1. The summed E-state index contributed by atoms with van der Waals surface area (Å²) in [6.45, 7) is 4.83. The fraction of sp³-hybridized carbons (Fsp3) is 0.571. The van der Waals surface area contributed by atoms with Crippen molar-refractivity contribution in [3.05, 3.63) is 32.8 Å². The Labute approximate surface area is 141 Å². The number of halogens is 1. The van der Waals surface area contributed by atoms with Gasteiger partial charge in [-0.3, -0.25) is 10.1 Å². The van der Waals surface area contributed by atoms with Crippen molar-refractivity contribution in [2.45, 2.75) is 38.0 Å². The van der Waals surface area contributed by atoms with E-state index in [4.69, 9.17) is 16.3 Å². The number of nitro groups is 1. The molecule has 1 rings (SSSR count). The van der Waals surface area contributed by atoms with Crippen molar-refractivity contribution < 1.29 is 18.1 Å². The fourth-order valence-electron chi connectivity index (χ4n) is 1.80. The summed E-state index contributed by atoms with van der Waals surface area (Å²) in [6, 6.07) is 2.23. The lowest BCUT2D eigenvalue weighted by Gasteiger charge is -2.09. The van der Waals surface area contributed by atoms with E-state index >= 15 is 0 Å². The Bertz CT molecular complexity index is 649. The van der Waals surface area contributed by atoms with Crippen molar-refractivity contribution in [3.63, 3.8) is 0 Å². The zero-order valence-corrected chi connectivity index (χ0v) is 14.7. The SMILES string of the molecule is CCCCOCCCNS(=O)(=O)c1cc(Cl)c(C)c([N+](=O)[O-])c1. The number of benzene rings is 1. The molecule has 0 atom stereocenters. The average molecular weight is 365 g/mol. The lowest BCUT2D eigenvalue weighted by atomic mass is 10.2. The minimum Gasteiger partial charge on any atom is -0.381 e. The summed E-state index contributed by atoms with van der Waals surface area (Å²) in [6.07, 6.45) is 2.53. The summed E-state index contributed by atoms with van der Waals surface area (Å²) in [5.74, 6) is 0. The highest BCUT2D eigenvalue weighted by Crippen LogP contribution is 2.29. The highest BCUT2D eigenvalue weighted by molar-refractivity contribution is 7.89. The monoisotopic (exact) mass is 364 g/mol. The molecule has 1 aromatic carbocycles. The summed E-state index contributed by atoms with van der Waals surface area (Å²) >= 11 is 5.88. The normalized spacial score (nSPS) is 11.6. The van der Waals surface area contributed by atoms with Gasteiger partial charge in [0.2, 0.25) is 10.0 Å². The molecule has 0 amide bonds. The quantitative estimate of drug-likeness (QED) is 0.391. The third kappa shape index (κ3) is 6.06. The van der Waals surface area contributed by atoms with Crippen LogP contribution in [0.25, 0.3) is 0 Å². The summed E-state index contributed by atoms with van der Waals surface area (Å²) in [4.78, 5) is 10.1. The molecule has 0 fully saturated rings. The van der Waals surface area contributed by atoms with E-state index in [9.17, 15) is 18.5 Å². The van der Waals surface area contributed by atoms with Crippen molar-refractivity contribution in [3.8, 4) is 0 Å². The number of unbranched alkanes of at least 4 members (excludes halogenated alkanes) is 1. The van der Waals surface area contributed by atoms with Crippen molar-refractivity contribution in [1.29, 1.82) is 0 Å². The van der Waals surface area contributed by atoms with Gasteiger partial charge in [-0.1, -0.05) is 24.9 Å². The van der Waals surface area contributed by atoms with E-state index in [2.05, 4.69) is 11.6 Å². The topological polar surface area (TPSA) is 98.5 Å². The van der Waals surface area contributed by atoms with E-state index in [0.29, 0.717) is 19.6 Å². The largest absolute Gasteiger partial charge is 0.381 e. The van der Waals surface area contributed by atoms with Crippen LogP contribution in [0.1, 0.15) is 31.7 Å². The summed E-state index contributed by atoms with van der Waals surface area (Å²) < 4.78 is 32.1. The van der Waals surface area contributed by atoms with Gasteiger partial charge in [0, 0.05) is 31.4 Å². The van der Waals surface area contributed by atoms with E-state index in [1.54, 1.807) is 0 Å². The van der Waals surface area contributed by atoms with E-state index in [-0.39, 0.29) is 27.7 Å². The van der Waals surface area contributed by atoms with Crippen molar-refractivity contribution in [2.75, 3.05) is 19.8 Å².